The molecule has 1 aliphatic heterocycles. The number of amides is 1. The molecule has 15 heavy (non-hydrogen) atoms. The van der Waals surface area contributed by atoms with Crippen molar-refractivity contribution in [1.29, 1.82) is 0 Å². The van der Waals surface area contributed by atoms with Crippen molar-refractivity contribution >= 4 is 23.4 Å². The second-order valence-corrected chi connectivity index (χ2v) is 4.53. The molecule has 0 atom stereocenters. The molecule has 1 amide bonds. The molecule has 0 aromatic heterocycles. The monoisotopic (exact) mass is 224 g/mol. The minimum Gasteiger partial charge on any atom is -0.373 e. The van der Waals surface area contributed by atoms with E-state index >= 15 is 0 Å². The van der Waals surface area contributed by atoms with Crippen molar-refractivity contribution in [2.24, 2.45) is 0 Å². The topological polar surface area (TPSA) is 52.6 Å². The molecule has 0 saturated carbocycles. The number of carbonyl (C=O) groups is 1. The molecule has 0 spiro atoms. The van der Waals surface area contributed by atoms with Gasteiger partial charge in [-0.3, -0.25) is 10.0 Å². The molecule has 0 aliphatic carbocycles. The molecule has 0 bridgehead atoms. The fourth-order valence-corrected chi connectivity index (χ4v) is 2.73. The first-order valence-corrected chi connectivity index (χ1v) is 5.63. The fourth-order valence-electron chi connectivity index (χ4n) is 1.56. The van der Waals surface area contributed by atoms with Gasteiger partial charge in [-0.15, -0.1) is 11.8 Å². The maximum atomic E-state index is 11.2. The molecule has 0 saturated heterocycles. The number of rotatable bonds is 1. The highest BCUT2D eigenvalue weighted by Gasteiger charge is 2.15. The van der Waals surface area contributed by atoms with Crippen molar-refractivity contribution in [3.8, 4) is 0 Å². The average molecular weight is 224 g/mol. The summed E-state index contributed by atoms with van der Waals surface area (Å²) in [5, 5.41) is 8.53. The number of hydrogen-bond donors (Lipinski definition) is 2. The Bertz CT molecular complexity index is 395. The number of fused-ring (bicyclic) bond motifs is 1. The van der Waals surface area contributed by atoms with Gasteiger partial charge in [-0.2, -0.15) is 0 Å². The molecule has 0 fully saturated rings. The summed E-state index contributed by atoms with van der Waals surface area (Å²) < 4.78 is 0. The summed E-state index contributed by atoms with van der Waals surface area (Å²) in [5.74, 6) is 0.555. The first-order chi connectivity index (χ1) is 7.22. The Morgan fingerprint density at radius 3 is 3.13 bits per heavy atom. The predicted molar refractivity (Wildman–Crippen MR) is 59.7 cm³/mol. The second kappa shape index (κ2) is 4.12. The molecule has 80 valence electrons. The summed E-state index contributed by atoms with van der Waals surface area (Å²) in [4.78, 5) is 14.4. The van der Waals surface area contributed by atoms with E-state index in [2.05, 4.69) is 4.90 Å². The van der Waals surface area contributed by atoms with Crippen molar-refractivity contribution in [3.05, 3.63) is 23.8 Å². The van der Waals surface area contributed by atoms with Crippen LogP contribution in [0.2, 0.25) is 0 Å². The lowest BCUT2D eigenvalue weighted by molar-refractivity contribution is 0.0706. The van der Waals surface area contributed by atoms with Crippen LogP contribution < -0.4 is 10.4 Å². The lowest BCUT2D eigenvalue weighted by Crippen LogP contribution is -2.25. The van der Waals surface area contributed by atoms with Gasteiger partial charge in [-0.25, -0.2) is 5.48 Å². The Morgan fingerprint density at radius 2 is 2.40 bits per heavy atom. The number of anilines is 1. The number of carbonyl (C=O) groups excluding carboxylic acids is 1. The van der Waals surface area contributed by atoms with Gasteiger partial charge in [0.1, 0.15) is 0 Å². The highest BCUT2D eigenvalue weighted by molar-refractivity contribution is 7.99. The van der Waals surface area contributed by atoms with Crippen molar-refractivity contribution in [2.45, 2.75) is 4.90 Å². The van der Waals surface area contributed by atoms with Crippen LogP contribution in [0.1, 0.15) is 10.4 Å². The molecule has 0 unspecified atom stereocenters. The highest BCUT2D eigenvalue weighted by atomic mass is 32.2. The molecular formula is C10H12N2O2S. The zero-order valence-electron chi connectivity index (χ0n) is 8.36. The second-order valence-electron chi connectivity index (χ2n) is 3.39. The van der Waals surface area contributed by atoms with Crippen molar-refractivity contribution in [3.63, 3.8) is 0 Å². The number of thioether (sulfide) groups is 1. The van der Waals surface area contributed by atoms with E-state index in [1.54, 1.807) is 29.4 Å². The van der Waals surface area contributed by atoms with Gasteiger partial charge in [-0.1, -0.05) is 0 Å². The van der Waals surface area contributed by atoms with E-state index in [0.29, 0.717) is 5.56 Å². The molecule has 4 nitrogen and oxygen atoms in total. The Hall–Kier alpha value is -1.20. The van der Waals surface area contributed by atoms with Crippen molar-refractivity contribution < 1.29 is 10.0 Å². The third-order valence-corrected chi connectivity index (χ3v) is 3.44. The average Bonchev–Trinajstić information content (AvgIpc) is 2.28. The molecule has 1 aromatic rings. The Balaban J connectivity index is 2.37. The summed E-state index contributed by atoms with van der Waals surface area (Å²) in [6.45, 7) is 1.02. The largest absolute Gasteiger partial charge is 0.373 e. The van der Waals surface area contributed by atoms with Crippen LogP contribution in [0.25, 0.3) is 0 Å². The molecule has 1 aromatic carbocycles. The fraction of sp³-hybridized carbons (Fsp3) is 0.300. The van der Waals surface area contributed by atoms with E-state index < -0.39 is 5.91 Å². The summed E-state index contributed by atoms with van der Waals surface area (Å²) >= 11 is 1.73. The van der Waals surface area contributed by atoms with Crippen LogP contribution in [-0.4, -0.2) is 30.5 Å². The molecule has 1 heterocycles. The van der Waals surface area contributed by atoms with Gasteiger partial charge < -0.3 is 4.90 Å². The molecule has 1 aliphatic rings. The molecule has 5 heteroatoms. The first-order valence-electron chi connectivity index (χ1n) is 4.65. The number of nitrogens with zero attached hydrogens (tertiary/aromatic N) is 1. The Morgan fingerprint density at radius 1 is 1.60 bits per heavy atom. The summed E-state index contributed by atoms with van der Waals surface area (Å²) in [6.07, 6.45) is 0. The first kappa shape index (κ1) is 10.3. The van der Waals surface area contributed by atoms with E-state index in [1.165, 1.54) is 0 Å². The standard InChI is InChI=1S/C10H12N2O2S/c1-12-4-5-15-9-6-7(10(13)11-14)2-3-8(9)12/h2-3,6,14H,4-5H2,1H3,(H,11,13). The number of hydroxylamine groups is 1. The summed E-state index contributed by atoms with van der Waals surface area (Å²) in [7, 11) is 2.03. The highest BCUT2D eigenvalue weighted by Crippen LogP contribution is 2.34. The summed E-state index contributed by atoms with van der Waals surface area (Å²) in [6, 6.07) is 5.43. The van der Waals surface area contributed by atoms with Gasteiger partial charge in [0, 0.05) is 29.8 Å². The van der Waals surface area contributed by atoms with Crippen LogP contribution in [0.3, 0.4) is 0 Å². The van der Waals surface area contributed by atoms with Gasteiger partial charge >= 0.3 is 0 Å². The zero-order valence-corrected chi connectivity index (χ0v) is 9.17. The maximum absolute atomic E-state index is 11.2. The van der Waals surface area contributed by atoms with Gasteiger partial charge in [0.15, 0.2) is 0 Å². The van der Waals surface area contributed by atoms with Crippen LogP contribution in [0, 0.1) is 0 Å². The van der Waals surface area contributed by atoms with Crippen molar-refractivity contribution in [1.82, 2.24) is 5.48 Å². The Labute approximate surface area is 92.2 Å². The number of nitrogens with one attached hydrogen (secondary N) is 1. The third kappa shape index (κ3) is 1.93. The van der Waals surface area contributed by atoms with Crippen LogP contribution in [-0.2, 0) is 0 Å². The predicted octanol–water partition coefficient (Wildman–Crippen LogP) is 1.35. The van der Waals surface area contributed by atoms with Gasteiger partial charge in [0.25, 0.3) is 5.91 Å². The van der Waals surface area contributed by atoms with Gasteiger partial charge in [-0.05, 0) is 18.2 Å². The smallest absolute Gasteiger partial charge is 0.274 e. The quantitative estimate of drug-likeness (QED) is 0.558. The maximum Gasteiger partial charge on any atom is 0.274 e. The third-order valence-electron chi connectivity index (χ3n) is 2.42. The molecular weight excluding hydrogens is 212 g/mol. The minimum atomic E-state index is -0.466. The summed E-state index contributed by atoms with van der Waals surface area (Å²) in [5.41, 5.74) is 3.26. The van der Waals surface area contributed by atoms with E-state index in [4.69, 9.17) is 5.21 Å². The van der Waals surface area contributed by atoms with Crippen LogP contribution in [0.4, 0.5) is 5.69 Å². The van der Waals surface area contributed by atoms with E-state index in [0.717, 1.165) is 22.9 Å². The SMILES string of the molecule is CN1CCSc2cc(C(=O)NO)ccc21. The Kier molecular flexibility index (Phi) is 2.83. The van der Waals surface area contributed by atoms with E-state index in [1.807, 2.05) is 13.1 Å². The lowest BCUT2D eigenvalue weighted by Gasteiger charge is -2.27. The molecule has 2 rings (SSSR count). The van der Waals surface area contributed by atoms with Gasteiger partial charge in [0.2, 0.25) is 0 Å². The minimum absolute atomic E-state index is 0.466. The zero-order chi connectivity index (χ0) is 10.8. The number of benzene rings is 1. The lowest BCUT2D eigenvalue weighted by atomic mass is 10.2. The molecule has 2 N–H and O–H groups in total. The van der Waals surface area contributed by atoms with Crippen LogP contribution in [0.5, 0.6) is 0 Å². The van der Waals surface area contributed by atoms with E-state index in [9.17, 15) is 4.79 Å². The van der Waals surface area contributed by atoms with E-state index in [-0.39, 0.29) is 0 Å². The normalized spacial score (nSPS) is 14.7. The molecule has 0 radical (unpaired) electrons. The van der Waals surface area contributed by atoms with Gasteiger partial charge in [0.05, 0.1) is 5.69 Å². The van der Waals surface area contributed by atoms with Crippen molar-refractivity contribution in [2.75, 3.05) is 24.2 Å². The number of hydrogen-bond acceptors (Lipinski definition) is 4. The van der Waals surface area contributed by atoms with Crippen LogP contribution in [0.15, 0.2) is 23.1 Å². The van der Waals surface area contributed by atoms with Crippen LogP contribution >= 0.6 is 11.8 Å².